The minimum absolute atomic E-state index is 0.0722. The first-order chi connectivity index (χ1) is 13.3. The number of nitrogens with zero attached hydrogens (tertiary/aromatic N) is 2. The van der Waals surface area contributed by atoms with Crippen LogP contribution in [0.4, 0.5) is 0 Å². The summed E-state index contributed by atoms with van der Waals surface area (Å²) in [6, 6.07) is 8.19. The summed E-state index contributed by atoms with van der Waals surface area (Å²) in [6.45, 7) is 3.97. The molecule has 3 rings (SSSR count). The monoisotopic (exact) mass is 400 g/mol. The molecule has 2 aliphatic rings. The van der Waals surface area contributed by atoms with Crippen molar-refractivity contribution >= 4 is 27.7 Å². The molecule has 0 unspecified atom stereocenters. The molecule has 1 saturated heterocycles. The highest BCUT2D eigenvalue weighted by atomic mass is 32.2. The number of carbonyl (C=O) groups excluding carboxylic acids is 2. The van der Waals surface area contributed by atoms with Crippen molar-refractivity contribution in [3.05, 3.63) is 46.5 Å². The van der Waals surface area contributed by atoms with E-state index in [1.165, 1.54) is 0 Å². The fraction of sp³-hybridized carbons (Fsp3) is 0.350. The van der Waals surface area contributed by atoms with Crippen LogP contribution in [-0.4, -0.2) is 49.3 Å². The Kier molecular flexibility index (Phi) is 5.38. The molecule has 1 atom stereocenters. The average molecular weight is 400 g/mol. The predicted molar refractivity (Wildman–Crippen MR) is 103 cm³/mol. The maximum Gasteiger partial charge on any atom is 0.271 e. The Morgan fingerprint density at radius 2 is 1.93 bits per heavy atom. The maximum atomic E-state index is 13.1. The van der Waals surface area contributed by atoms with Gasteiger partial charge < -0.3 is 4.74 Å². The summed E-state index contributed by atoms with van der Waals surface area (Å²) in [5.41, 5.74) is 1.07. The van der Waals surface area contributed by atoms with Crippen molar-refractivity contribution in [3.63, 3.8) is 0 Å². The number of hydrogen-bond acceptors (Lipinski definition) is 6. The molecule has 7 nitrogen and oxygen atoms in total. The van der Waals surface area contributed by atoms with Gasteiger partial charge in [-0.2, -0.15) is 5.26 Å². The molecule has 0 aliphatic carbocycles. The fourth-order valence-corrected chi connectivity index (χ4v) is 5.10. The molecule has 2 aliphatic heterocycles. The van der Waals surface area contributed by atoms with Gasteiger partial charge in [0.05, 0.1) is 24.2 Å². The van der Waals surface area contributed by atoms with E-state index < -0.39 is 27.7 Å². The number of imide groups is 1. The Hall–Kier alpha value is -2.92. The predicted octanol–water partition coefficient (Wildman–Crippen LogP) is 1.86. The summed E-state index contributed by atoms with van der Waals surface area (Å²) in [7, 11) is -3.29. The van der Waals surface area contributed by atoms with E-state index in [0.717, 1.165) is 4.90 Å². The first-order valence-electron chi connectivity index (χ1n) is 8.91. The van der Waals surface area contributed by atoms with E-state index in [1.54, 1.807) is 37.3 Å². The number of carbonyl (C=O) groups is 2. The van der Waals surface area contributed by atoms with Crippen LogP contribution in [0.3, 0.4) is 0 Å². The van der Waals surface area contributed by atoms with E-state index in [0.29, 0.717) is 23.5 Å². The smallest absolute Gasteiger partial charge is 0.271 e. The van der Waals surface area contributed by atoms with Gasteiger partial charge in [-0.15, -0.1) is 0 Å². The summed E-state index contributed by atoms with van der Waals surface area (Å²) < 4.78 is 29.0. The van der Waals surface area contributed by atoms with Crippen molar-refractivity contribution in [1.29, 1.82) is 5.26 Å². The highest BCUT2D eigenvalue weighted by Gasteiger charge is 2.43. The lowest BCUT2D eigenvalue weighted by atomic mass is 9.92. The summed E-state index contributed by atoms with van der Waals surface area (Å²) >= 11 is 0. The van der Waals surface area contributed by atoms with Gasteiger partial charge in [0.25, 0.3) is 11.8 Å². The molecule has 0 N–H and O–H groups in total. The van der Waals surface area contributed by atoms with E-state index in [1.807, 2.05) is 13.0 Å². The first-order valence-corrected chi connectivity index (χ1v) is 10.7. The highest BCUT2D eigenvalue weighted by Crippen LogP contribution is 2.31. The van der Waals surface area contributed by atoms with Crippen molar-refractivity contribution < 1.29 is 22.7 Å². The van der Waals surface area contributed by atoms with Gasteiger partial charge >= 0.3 is 0 Å². The second kappa shape index (κ2) is 7.60. The van der Waals surface area contributed by atoms with Gasteiger partial charge in [0.1, 0.15) is 17.4 Å². The van der Waals surface area contributed by atoms with Crippen LogP contribution < -0.4 is 4.74 Å². The Balaban J connectivity index is 2.02. The number of nitriles is 1. The molecule has 146 valence electrons. The first kappa shape index (κ1) is 19.8. The molecule has 0 aromatic heterocycles. The number of ether oxygens (including phenoxy) is 1. The van der Waals surface area contributed by atoms with Gasteiger partial charge in [-0.1, -0.05) is 12.1 Å². The summed E-state index contributed by atoms with van der Waals surface area (Å²) in [5.74, 6) is -0.943. The maximum absolute atomic E-state index is 13.1. The van der Waals surface area contributed by atoms with Crippen molar-refractivity contribution in [2.45, 2.75) is 26.3 Å². The average Bonchev–Trinajstić information content (AvgIpc) is 3.00. The van der Waals surface area contributed by atoms with Crippen molar-refractivity contribution in [1.82, 2.24) is 4.90 Å². The molecule has 8 heteroatoms. The lowest BCUT2D eigenvalue weighted by molar-refractivity contribution is -0.142. The quantitative estimate of drug-likeness (QED) is 0.564. The third kappa shape index (κ3) is 3.71. The zero-order valence-electron chi connectivity index (χ0n) is 15.6. The summed E-state index contributed by atoms with van der Waals surface area (Å²) in [4.78, 5) is 26.7. The normalized spacial score (nSPS) is 23.2. The van der Waals surface area contributed by atoms with Crippen LogP contribution in [0, 0.1) is 11.3 Å². The largest absolute Gasteiger partial charge is 0.494 e. The number of rotatable bonds is 4. The molecular formula is C20H20N2O5S. The molecule has 0 radical (unpaired) electrons. The van der Waals surface area contributed by atoms with Crippen LogP contribution in [-0.2, 0) is 19.4 Å². The third-order valence-electron chi connectivity index (χ3n) is 4.85. The molecule has 1 fully saturated rings. The standard InChI is InChI=1S/C20H20N2O5S/c1-3-27-16-6-4-14(5-7-16)10-17-13(2)18(11-21)20(24)22(19(17)23)15-8-9-28(25,26)12-15/h4-7,10,15H,3,8-9,12H2,1-2H3/b17-10-/t15-/m1/s1. The number of benzene rings is 1. The number of amides is 2. The lowest BCUT2D eigenvalue weighted by Gasteiger charge is -2.31. The van der Waals surface area contributed by atoms with Gasteiger partial charge in [-0.05, 0) is 49.6 Å². The molecule has 1 aromatic carbocycles. The topological polar surface area (TPSA) is 105 Å². The Labute approximate surface area is 163 Å². The van der Waals surface area contributed by atoms with Gasteiger partial charge in [0, 0.05) is 5.57 Å². The lowest BCUT2D eigenvalue weighted by Crippen LogP contribution is -2.49. The third-order valence-corrected chi connectivity index (χ3v) is 6.60. The number of sulfone groups is 1. The minimum Gasteiger partial charge on any atom is -0.494 e. The molecule has 1 aromatic rings. The zero-order chi connectivity index (χ0) is 20.5. The van der Waals surface area contributed by atoms with Crippen LogP contribution in [0.2, 0.25) is 0 Å². The molecule has 0 bridgehead atoms. The van der Waals surface area contributed by atoms with Gasteiger partial charge in [-0.25, -0.2) is 8.42 Å². The molecule has 2 amide bonds. The minimum atomic E-state index is -3.29. The van der Waals surface area contributed by atoms with Crippen molar-refractivity contribution in [3.8, 4) is 11.8 Å². The summed E-state index contributed by atoms with van der Waals surface area (Å²) in [5, 5.41) is 9.43. The van der Waals surface area contributed by atoms with Crippen LogP contribution >= 0.6 is 0 Å². The van der Waals surface area contributed by atoms with Gasteiger partial charge in [-0.3, -0.25) is 14.5 Å². The van der Waals surface area contributed by atoms with E-state index >= 15 is 0 Å². The van der Waals surface area contributed by atoms with E-state index in [4.69, 9.17) is 4.74 Å². The van der Waals surface area contributed by atoms with Gasteiger partial charge in [0.2, 0.25) is 0 Å². The number of hydrogen-bond donors (Lipinski definition) is 0. The summed E-state index contributed by atoms with van der Waals surface area (Å²) in [6.07, 6.45) is 1.79. The molecule has 0 spiro atoms. The van der Waals surface area contributed by atoms with E-state index in [2.05, 4.69) is 0 Å². The fourth-order valence-electron chi connectivity index (χ4n) is 3.40. The van der Waals surface area contributed by atoms with E-state index in [-0.39, 0.29) is 29.1 Å². The highest BCUT2D eigenvalue weighted by molar-refractivity contribution is 7.91. The van der Waals surface area contributed by atoms with Crippen LogP contribution in [0.5, 0.6) is 5.75 Å². The Morgan fingerprint density at radius 3 is 2.46 bits per heavy atom. The van der Waals surface area contributed by atoms with Crippen LogP contribution in [0.15, 0.2) is 41.0 Å². The molecular weight excluding hydrogens is 380 g/mol. The van der Waals surface area contributed by atoms with Gasteiger partial charge in [0.15, 0.2) is 9.84 Å². The van der Waals surface area contributed by atoms with Crippen LogP contribution in [0.1, 0.15) is 25.8 Å². The SMILES string of the molecule is CCOc1ccc(/C=C2\C(=O)N([C@@H]3CCS(=O)(=O)C3)C(=O)C(C#N)=C2C)cc1. The van der Waals surface area contributed by atoms with Crippen molar-refractivity contribution in [2.75, 3.05) is 18.1 Å². The van der Waals surface area contributed by atoms with Crippen molar-refractivity contribution in [2.24, 2.45) is 0 Å². The molecule has 0 saturated carbocycles. The Bertz CT molecular complexity index is 1030. The molecule has 2 heterocycles. The zero-order valence-corrected chi connectivity index (χ0v) is 16.5. The van der Waals surface area contributed by atoms with Crippen LogP contribution in [0.25, 0.3) is 6.08 Å². The Morgan fingerprint density at radius 1 is 1.25 bits per heavy atom. The second-order valence-corrected chi connectivity index (χ2v) is 8.94. The molecule has 28 heavy (non-hydrogen) atoms. The van der Waals surface area contributed by atoms with E-state index in [9.17, 15) is 23.3 Å². The second-order valence-electron chi connectivity index (χ2n) is 6.71.